The number of primary amides is 1. The first kappa shape index (κ1) is 15.5. The topological polar surface area (TPSA) is 124 Å². The van der Waals surface area contributed by atoms with Crippen molar-refractivity contribution in [3.8, 4) is 0 Å². The molecular weight excluding hydrogens is 294 g/mol. The third kappa shape index (κ3) is 4.30. The number of morpholine rings is 1. The Morgan fingerprint density at radius 1 is 1.38 bits per heavy atom. The summed E-state index contributed by atoms with van der Waals surface area (Å²) in [6.45, 7) is 3.16. The SMILES string of the molecule is NC(=O)CCCNC(=O)c1sc(N2CCOCC2)nc1N. The predicted molar refractivity (Wildman–Crippen MR) is 80.3 cm³/mol. The zero-order valence-corrected chi connectivity index (χ0v) is 12.4. The highest BCUT2D eigenvalue weighted by atomic mass is 32.1. The molecule has 1 aromatic rings. The van der Waals surface area contributed by atoms with Crippen LogP contribution in [0.2, 0.25) is 0 Å². The average Bonchev–Trinajstić information content (AvgIpc) is 2.86. The van der Waals surface area contributed by atoms with E-state index in [2.05, 4.69) is 10.3 Å². The lowest BCUT2D eigenvalue weighted by Gasteiger charge is -2.25. The molecule has 1 aromatic heterocycles. The summed E-state index contributed by atoms with van der Waals surface area (Å²) in [5.74, 6) is -0.418. The Morgan fingerprint density at radius 2 is 2.10 bits per heavy atom. The van der Waals surface area contributed by atoms with Crippen LogP contribution in [0.25, 0.3) is 0 Å². The van der Waals surface area contributed by atoms with Crippen LogP contribution in [0.4, 0.5) is 10.9 Å². The summed E-state index contributed by atoms with van der Waals surface area (Å²) in [7, 11) is 0. The first-order valence-corrected chi connectivity index (χ1v) is 7.55. The molecule has 0 radical (unpaired) electrons. The quantitative estimate of drug-likeness (QED) is 0.612. The smallest absolute Gasteiger partial charge is 0.265 e. The number of nitrogens with one attached hydrogen (secondary N) is 1. The fourth-order valence-electron chi connectivity index (χ4n) is 1.92. The minimum Gasteiger partial charge on any atom is -0.382 e. The number of anilines is 2. The Morgan fingerprint density at radius 3 is 2.76 bits per heavy atom. The number of nitrogen functional groups attached to an aromatic ring is 1. The lowest BCUT2D eigenvalue weighted by Crippen LogP contribution is -2.36. The van der Waals surface area contributed by atoms with E-state index in [1.54, 1.807) is 0 Å². The summed E-state index contributed by atoms with van der Waals surface area (Å²) >= 11 is 1.27. The third-order valence-electron chi connectivity index (χ3n) is 3.02. The van der Waals surface area contributed by atoms with Crippen LogP contribution in [0.3, 0.4) is 0 Å². The van der Waals surface area contributed by atoms with E-state index in [4.69, 9.17) is 16.2 Å². The van der Waals surface area contributed by atoms with Gasteiger partial charge in [0.15, 0.2) is 5.13 Å². The van der Waals surface area contributed by atoms with Gasteiger partial charge in [-0.15, -0.1) is 0 Å². The van der Waals surface area contributed by atoms with Gasteiger partial charge in [-0.3, -0.25) is 9.59 Å². The summed E-state index contributed by atoms with van der Waals surface area (Å²) in [6.07, 6.45) is 0.758. The van der Waals surface area contributed by atoms with Crippen LogP contribution in [-0.2, 0) is 9.53 Å². The van der Waals surface area contributed by atoms with Crippen LogP contribution >= 0.6 is 11.3 Å². The number of thiazole rings is 1. The van der Waals surface area contributed by atoms with Crippen LogP contribution in [0.5, 0.6) is 0 Å². The van der Waals surface area contributed by atoms with Gasteiger partial charge in [-0.2, -0.15) is 0 Å². The molecule has 2 heterocycles. The van der Waals surface area contributed by atoms with E-state index in [1.165, 1.54) is 11.3 Å². The Balaban J connectivity index is 1.91. The van der Waals surface area contributed by atoms with E-state index >= 15 is 0 Å². The fraction of sp³-hybridized carbons (Fsp3) is 0.583. The molecule has 1 aliphatic rings. The molecule has 0 spiro atoms. The molecule has 5 N–H and O–H groups in total. The molecule has 0 bridgehead atoms. The largest absolute Gasteiger partial charge is 0.382 e. The van der Waals surface area contributed by atoms with Gasteiger partial charge in [0.1, 0.15) is 10.7 Å². The van der Waals surface area contributed by atoms with Crippen molar-refractivity contribution in [2.24, 2.45) is 5.73 Å². The highest BCUT2D eigenvalue weighted by Gasteiger charge is 2.20. The first-order valence-electron chi connectivity index (χ1n) is 6.73. The molecule has 0 atom stereocenters. The second-order valence-corrected chi connectivity index (χ2v) is 5.61. The number of ether oxygens (including phenoxy) is 1. The minimum absolute atomic E-state index is 0.230. The molecule has 2 rings (SSSR count). The molecule has 0 aliphatic carbocycles. The van der Waals surface area contributed by atoms with E-state index in [-0.39, 0.29) is 24.1 Å². The van der Waals surface area contributed by atoms with Crippen molar-refractivity contribution in [3.05, 3.63) is 4.88 Å². The molecule has 116 valence electrons. The molecule has 9 heteroatoms. The molecule has 0 unspecified atom stereocenters. The van der Waals surface area contributed by atoms with Crippen LogP contribution < -0.4 is 21.7 Å². The maximum atomic E-state index is 12.0. The Kier molecular flexibility index (Phi) is 5.34. The van der Waals surface area contributed by atoms with Crippen molar-refractivity contribution >= 4 is 34.1 Å². The van der Waals surface area contributed by atoms with E-state index in [0.29, 0.717) is 31.1 Å². The van der Waals surface area contributed by atoms with Gasteiger partial charge in [0.05, 0.1) is 13.2 Å². The highest BCUT2D eigenvalue weighted by molar-refractivity contribution is 7.18. The number of carbonyl (C=O) groups excluding carboxylic acids is 2. The van der Waals surface area contributed by atoms with E-state index in [9.17, 15) is 9.59 Å². The van der Waals surface area contributed by atoms with Crippen LogP contribution in [-0.4, -0.2) is 49.6 Å². The number of nitrogens with zero attached hydrogens (tertiary/aromatic N) is 2. The molecule has 0 aromatic carbocycles. The molecule has 1 fully saturated rings. The number of aromatic nitrogens is 1. The molecule has 1 saturated heterocycles. The van der Waals surface area contributed by atoms with Gasteiger partial charge in [-0.1, -0.05) is 11.3 Å². The molecular formula is C12H19N5O3S. The summed E-state index contributed by atoms with van der Waals surface area (Å²) < 4.78 is 5.28. The van der Waals surface area contributed by atoms with Gasteiger partial charge in [-0.05, 0) is 6.42 Å². The zero-order valence-electron chi connectivity index (χ0n) is 11.6. The normalized spacial score (nSPS) is 15.0. The van der Waals surface area contributed by atoms with Crippen molar-refractivity contribution in [2.75, 3.05) is 43.5 Å². The third-order valence-corrected chi connectivity index (χ3v) is 4.15. The van der Waals surface area contributed by atoms with Gasteiger partial charge in [0.2, 0.25) is 5.91 Å². The van der Waals surface area contributed by atoms with Gasteiger partial charge in [0, 0.05) is 26.1 Å². The van der Waals surface area contributed by atoms with Gasteiger partial charge < -0.3 is 26.4 Å². The van der Waals surface area contributed by atoms with Gasteiger partial charge in [-0.25, -0.2) is 4.98 Å². The number of rotatable bonds is 6. The summed E-state index contributed by atoms with van der Waals surface area (Å²) in [4.78, 5) is 29.3. The maximum Gasteiger partial charge on any atom is 0.265 e. The van der Waals surface area contributed by atoms with E-state index in [0.717, 1.165) is 18.2 Å². The van der Waals surface area contributed by atoms with Crippen molar-refractivity contribution in [2.45, 2.75) is 12.8 Å². The average molecular weight is 313 g/mol. The molecule has 21 heavy (non-hydrogen) atoms. The lowest BCUT2D eigenvalue weighted by atomic mass is 10.3. The maximum absolute atomic E-state index is 12.0. The van der Waals surface area contributed by atoms with Crippen LogP contribution in [0.15, 0.2) is 0 Å². The van der Waals surface area contributed by atoms with Gasteiger partial charge >= 0.3 is 0 Å². The molecule has 8 nitrogen and oxygen atoms in total. The highest BCUT2D eigenvalue weighted by Crippen LogP contribution is 2.28. The van der Waals surface area contributed by atoms with E-state index < -0.39 is 0 Å². The number of carbonyl (C=O) groups is 2. The molecule has 1 aliphatic heterocycles. The summed E-state index contributed by atoms with van der Waals surface area (Å²) in [5.41, 5.74) is 10.8. The van der Waals surface area contributed by atoms with Crippen LogP contribution in [0, 0.1) is 0 Å². The summed E-state index contributed by atoms with van der Waals surface area (Å²) in [5, 5.41) is 3.45. The Hall–Kier alpha value is -1.87. The van der Waals surface area contributed by atoms with Crippen molar-refractivity contribution < 1.29 is 14.3 Å². The number of amides is 2. The Bertz CT molecular complexity index is 513. The Labute approximate surface area is 126 Å². The van der Waals surface area contributed by atoms with Crippen molar-refractivity contribution in [1.29, 1.82) is 0 Å². The lowest BCUT2D eigenvalue weighted by molar-refractivity contribution is -0.118. The molecule has 2 amide bonds. The first-order chi connectivity index (χ1) is 10.1. The van der Waals surface area contributed by atoms with Crippen LogP contribution in [0.1, 0.15) is 22.5 Å². The van der Waals surface area contributed by atoms with Crippen molar-refractivity contribution in [1.82, 2.24) is 10.3 Å². The standard InChI is InChI=1S/C12H19N5O3S/c13-8(18)2-1-3-15-11(19)9-10(14)16-12(21-9)17-4-6-20-7-5-17/h1-7,14H2,(H2,13,18)(H,15,19). The summed E-state index contributed by atoms with van der Waals surface area (Å²) in [6, 6.07) is 0. The number of nitrogens with two attached hydrogens (primary N) is 2. The zero-order chi connectivity index (χ0) is 15.2. The van der Waals surface area contributed by atoms with Crippen molar-refractivity contribution in [3.63, 3.8) is 0 Å². The van der Waals surface area contributed by atoms with E-state index in [1.807, 2.05) is 4.90 Å². The van der Waals surface area contributed by atoms with Gasteiger partial charge in [0.25, 0.3) is 5.91 Å². The second kappa shape index (κ2) is 7.23. The number of hydrogen-bond acceptors (Lipinski definition) is 7. The fourth-order valence-corrected chi connectivity index (χ4v) is 2.87. The monoisotopic (exact) mass is 313 g/mol. The predicted octanol–water partition coefficient (Wildman–Crippen LogP) is -0.443. The minimum atomic E-state index is -0.379. The second-order valence-electron chi connectivity index (χ2n) is 4.64. The number of hydrogen-bond donors (Lipinski definition) is 3. The molecule has 0 saturated carbocycles.